The summed E-state index contributed by atoms with van der Waals surface area (Å²) in [5, 5.41) is 9.67. The maximum absolute atomic E-state index is 11.4. The molecule has 0 amide bonds. The number of methoxy groups -OCH3 is 1. The number of nitrogens with two attached hydrogens (primary N) is 1. The van der Waals surface area contributed by atoms with Crippen LogP contribution < -0.4 is 11.1 Å². The Bertz CT molecular complexity index is 240. The molecular formula is C8H16N4O3. The lowest BCUT2D eigenvalue weighted by molar-refractivity contribution is -0.149. The van der Waals surface area contributed by atoms with Crippen LogP contribution in [0.5, 0.6) is 0 Å². The van der Waals surface area contributed by atoms with E-state index in [2.05, 4.69) is 10.1 Å². The van der Waals surface area contributed by atoms with Crippen LogP contribution in [-0.2, 0) is 14.3 Å². The van der Waals surface area contributed by atoms with Gasteiger partial charge in [0.15, 0.2) is 12.1 Å². The van der Waals surface area contributed by atoms with Crippen LogP contribution in [0.1, 0.15) is 0 Å². The second kappa shape index (κ2) is 5.52. The van der Waals surface area contributed by atoms with Crippen LogP contribution in [0.3, 0.4) is 0 Å². The molecule has 15 heavy (non-hydrogen) atoms. The minimum absolute atomic E-state index is 0.253. The van der Waals surface area contributed by atoms with Gasteiger partial charge in [-0.25, -0.2) is 4.79 Å². The van der Waals surface area contributed by atoms with Crippen molar-refractivity contribution in [2.24, 2.45) is 5.73 Å². The smallest absolute Gasteiger partial charge is 0.343 e. The lowest BCUT2D eigenvalue weighted by Gasteiger charge is -2.32. The van der Waals surface area contributed by atoms with Crippen LogP contribution >= 0.6 is 0 Å². The highest BCUT2D eigenvalue weighted by Gasteiger charge is 2.28. The molecule has 1 aliphatic rings. The number of ether oxygens (including phenoxy) is 2. The number of carbonyl (C=O) groups excluding carboxylic acids is 1. The third kappa shape index (κ3) is 3.37. The number of hydrogen-bond acceptors (Lipinski definition) is 5. The van der Waals surface area contributed by atoms with E-state index in [1.807, 2.05) is 4.90 Å². The van der Waals surface area contributed by atoms with Crippen LogP contribution in [0.15, 0.2) is 0 Å². The van der Waals surface area contributed by atoms with Gasteiger partial charge >= 0.3 is 5.97 Å². The summed E-state index contributed by atoms with van der Waals surface area (Å²) in [5.74, 6) is -0.705. The first kappa shape index (κ1) is 11.7. The quantitative estimate of drug-likeness (QED) is 0.295. The van der Waals surface area contributed by atoms with Crippen LogP contribution in [-0.4, -0.2) is 56.4 Å². The van der Waals surface area contributed by atoms with Crippen molar-refractivity contribution in [2.45, 2.75) is 6.17 Å². The highest BCUT2D eigenvalue weighted by molar-refractivity contribution is 5.83. The fourth-order valence-corrected chi connectivity index (χ4v) is 1.39. The summed E-state index contributed by atoms with van der Waals surface area (Å²) < 4.78 is 9.79. The van der Waals surface area contributed by atoms with Gasteiger partial charge in [0.2, 0.25) is 0 Å². The zero-order valence-corrected chi connectivity index (χ0v) is 8.66. The van der Waals surface area contributed by atoms with E-state index in [9.17, 15) is 4.79 Å². The number of carbonyl (C=O) groups is 1. The van der Waals surface area contributed by atoms with Crippen molar-refractivity contribution in [3.8, 4) is 0 Å². The minimum atomic E-state index is -0.698. The summed E-state index contributed by atoms with van der Waals surface area (Å²) in [6.07, 6.45) is -0.698. The average molecular weight is 216 g/mol. The first-order valence-electron chi connectivity index (χ1n) is 4.65. The number of nitrogens with zero attached hydrogens (tertiary/aromatic N) is 1. The predicted octanol–water partition coefficient (Wildman–Crippen LogP) is -1.70. The summed E-state index contributed by atoms with van der Waals surface area (Å²) >= 11 is 0. The Kier molecular flexibility index (Phi) is 4.32. The largest absolute Gasteiger partial charge is 0.466 e. The zero-order valence-electron chi connectivity index (χ0n) is 8.66. The van der Waals surface area contributed by atoms with E-state index >= 15 is 0 Å². The summed E-state index contributed by atoms with van der Waals surface area (Å²) in [6, 6.07) is 0. The first-order valence-corrected chi connectivity index (χ1v) is 4.65. The van der Waals surface area contributed by atoms with Crippen LogP contribution in [0.2, 0.25) is 0 Å². The average Bonchev–Trinajstić information content (AvgIpc) is 2.26. The normalized spacial score (nSPS) is 19.3. The van der Waals surface area contributed by atoms with Crippen molar-refractivity contribution in [1.82, 2.24) is 10.2 Å². The molecule has 0 bridgehead atoms. The number of hydrogen-bond donors (Lipinski definition) is 3. The molecule has 4 N–H and O–H groups in total. The molecule has 1 atom stereocenters. The molecule has 1 rings (SSSR count). The fraction of sp³-hybridized carbons (Fsp3) is 0.750. The third-order valence-electron chi connectivity index (χ3n) is 2.13. The van der Waals surface area contributed by atoms with Gasteiger partial charge in [0.05, 0.1) is 20.3 Å². The molecule has 1 fully saturated rings. The van der Waals surface area contributed by atoms with Crippen molar-refractivity contribution in [1.29, 1.82) is 5.41 Å². The van der Waals surface area contributed by atoms with Crippen molar-refractivity contribution >= 4 is 11.9 Å². The Morgan fingerprint density at radius 3 is 2.67 bits per heavy atom. The number of nitrogens with one attached hydrogen (secondary N) is 2. The van der Waals surface area contributed by atoms with E-state index in [1.54, 1.807) is 0 Å². The second-order valence-corrected chi connectivity index (χ2v) is 3.13. The van der Waals surface area contributed by atoms with E-state index in [4.69, 9.17) is 15.9 Å². The van der Waals surface area contributed by atoms with Crippen molar-refractivity contribution in [3.05, 3.63) is 0 Å². The molecule has 0 saturated carbocycles. The van der Waals surface area contributed by atoms with Crippen LogP contribution in [0.25, 0.3) is 0 Å². The predicted molar refractivity (Wildman–Crippen MR) is 53.2 cm³/mol. The van der Waals surface area contributed by atoms with E-state index < -0.39 is 12.1 Å². The first-order chi connectivity index (χ1) is 7.15. The molecule has 0 spiro atoms. The molecule has 1 unspecified atom stereocenters. The van der Waals surface area contributed by atoms with E-state index in [0.717, 1.165) is 0 Å². The van der Waals surface area contributed by atoms with Gasteiger partial charge in [-0.1, -0.05) is 0 Å². The second-order valence-electron chi connectivity index (χ2n) is 3.13. The maximum Gasteiger partial charge on any atom is 0.343 e. The van der Waals surface area contributed by atoms with Crippen molar-refractivity contribution in [3.63, 3.8) is 0 Å². The maximum atomic E-state index is 11.4. The Hall–Kier alpha value is -1.34. The number of rotatable bonds is 3. The Morgan fingerprint density at radius 2 is 2.20 bits per heavy atom. The van der Waals surface area contributed by atoms with Gasteiger partial charge < -0.3 is 20.5 Å². The lowest BCUT2D eigenvalue weighted by Crippen LogP contribution is -2.57. The topological polar surface area (TPSA) is 101 Å². The third-order valence-corrected chi connectivity index (χ3v) is 2.13. The van der Waals surface area contributed by atoms with Crippen molar-refractivity contribution in [2.75, 3.05) is 33.4 Å². The van der Waals surface area contributed by atoms with Gasteiger partial charge in [0.25, 0.3) is 0 Å². The van der Waals surface area contributed by atoms with Gasteiger partial charge in [-0.05, 0) is 0 Å². The molecule has 1 heterocycles. The van der Waals surface area contributed by atoms with Gasteiger partial charge in [-0.15, -0.1) is 0 Å². The van der Waals surface area contributed by atoms with Gasteiger partial charge in [-0.3, -0.25) is 10.3 Å². The van der Waals surface area contributed by atoms with Crippen LogP contribution in [0, 0.1) is 5.41 Å². The van der Waals surface area contributed by atoms with Crippen LogP contribution in [0.4, 0.5) is 0 Å². The number of esters is 1. The monoisotopic (exact) mass is 216 g/mol. The van der Waals surface area contributed by atoms with Gasteiger partial charge in [-0.2, -0.15) is 0 Å². The van der Waals surface area contributed by atoms with E-state index in [1.165, 1.54) is 7.11 Å². The summed E-state index contributed by atoms with van der Waals surface area (Å²) in [5.41, 5.74) is 5.20. The summed E-state index contributed by atoms with van der Waals surface area (Å²) in [4.78, 5) is 13.3. The van der Waals surface area contributed by atoms with Gasteiger partial charge in [0, 0.05) is 13.1 Å². The molecule has 0 aromatic rings. The zero-order chi connectivity index (χ0) is 11.3. The molecule has 0 aromatic carbocycles. The molecule has 0 radical (unpaired) electrons. The lowest BCUT2D eigenvalue weighted by atomic mass is 10.3. The highest BCUT2D eigenvalue weighted by Crippen LogP contribution is 2.03. The fourth-order valence-electron chi connectivity index (χ4n) is 1.39. The minimum Gasteiger partial charge on any atom is -0.466 e. The molecule has 86 valence electrons. The highest BCUT2D eigenvalue weighted by atomic mass is 16.5. The Labute approximate surface area is 88.0 Å². The SMILES string of the molecule is COC(=O)C(NC(=N)N)N1CCOCC1. The number of guanidine groups is 1. The summed E-state index contributed by atoms with van der Waals surface area (Å²) in [7, 11) is 1.30. The molecular weight excluding hydrogens is 200 g/mol. The summed E-state index contributed by atoms with van der Waals surface area (Å²) in [6.45, 7) is 2.35. The molecule has 0 aliphatic carbocycles. The van der Waals surface area contributed by atoms with Crippen molar-refractivity contribution < 1.29 is 14.3 Å². The Balaban J connectivity index is 2.60. The molecule has 0 aromatic heterocycles. The van der Waals surface area contributed by atoms with E-state index in [0.29, 0.717) is 26.3 Å². The number of morpholine rings is 1. The van der Waals surface area contributed by atoms with Gasteiger partial charge in [0.1, 0.15) is 0 Å². The molecule has 7 heteroatoms. The standard InChI is InChI=1S/C8H16N4O3/c1-14-7(13)6(11-8(9)10)12-2-4-15-5-3-12/h6H,2-5H2,1H3,(H4,9,10,11). The molecule has 7 nitrogen and oxygen atoms in total. The van der Waals surface area contributed by atoms with E-state index in [-0.39, 0.29) is 5.96 Å². The molecule has 1 aliphatic heterocycles. The Morgan fingerprint density at radius 1 is 1.60 bits per heavy atom. The molecule has 1 saturated heterocycles.